The van der Waals surface area contributed by atoms with Crippen LogP contribution in [0.4, 0.5) is 0 Å². The molecule has 0 bridgehead atoms. The van der Waals surface area contributed by atoms with E-state index in [0.717, 1.165) is 36.6 Å². The second-order valence-corrected chi connectivity index (χ2v) is 7.16. The number of hydrogen-bond acceptors (Lipinski definition) is 5. The van der Waals surface area contributed by atoms with Gasteiger partial charge in [0, 0.05) is 54.8 Å². The van der Waals surface area contributed by atoms with Gasteiger partial charge in [0.1, 0.15) is 0 Å². The molecule has 24 heavy (non-hydrogen) atoms. The van der Waals surface area contributed by atoms with Crippen molar-refractivity contribution in [1.29, 1.82) is 0 Å². The van der Waals surface area contributed by atoms with Crippen molar-refractivity contribution in [3.05, 3.63) is 69.1 Å². The van der Waals surface area contributed by atoms with E-state index in [9.17, 15) is 4.79 Å². The van der Waals surface area contributed by atoms with Crippen LogP contribution in [0.2, 0.25) is 0 Å². The maximum absolute atomic E-state index is 11.1. The molecule has 4 rings (SSSR count). The fourth-order valence-electron chi connectivity index (χ4n) is 2.97. The Morgan fingerprint density at radius 1 is 1.29 bits per heavy atom. The molecule has 1 aliphatic carbocycles. The number of aromatic nitrogens is 2. The number of hydrogen-bond donors (Lipinski definition) is 1. The predicted molar refractivity (Wildman–Crippen MR) is 93.9 cm³/mol. The van der Waals surface area contributed by atoms with E-state index in [-0.39, 0.29) is 0 Å². The molecule has 5 nitrogen and oxygen atoms in total. The van der Waals surface area contributed by atoms with Gasteiger partial charge in [0.25, 0.3) is 0 Å². The van der Waals surface area contributed by atoms with Crippen molar-refractivity contribution in [3.63, 3.8) is 0 Å². The zero-order chi connectivity index (χ0) is 16.5. The van der Waals surface area contributed by atoms with Crippen molar-refractivity contribution in [1.82, 2.24) is 14.9 Å². The van der Waals surface area contributed by atoms with Gasteiger partial charge in [-0.1, -0.05) is 6.08 Å². The number of nitrogens with zero attached hydrogens (tertiary/aromatic N) is 3. The molecule has 6 heteroatoms. The average Bonchev–Trinajstić information content (AvgIpc) is 2.81. The summed E-state index contributed by atoms with van der Waals surface area (Å²) in [5.74, 6) is -0.448. The Hall–Kier alpha value is -2.47. The Morgan fingerprint density at radius 2 is 2.12 bits per heavy atom. The lowest BCUT2D eigenvalue weighted by Gasteiger charge is -2.26. The van der Waals surface area contributed by atoms with Gasteiger partial charge < -0.3 is 10.6 Å². The van der Waals surface area contributed by atoms with Crippen molar-refractivity contribution in [2.24, 2.45) is 5.73 Å². The number of amides is 1. The van der Waals surface area contributed by atoms with Gasteiger partial charge in [0.2, 0.25) is 5.91 Å². The van der Waals surface area contributed by atoms with Crippen LogP contribution < -0.4 is 5.73 Å². The summed E-state index contributed by atoms with van der Waals surface area (Å²) in [6.45, 7) is 2.08. The molecule has 2 aliphatic rings. The number of fused-ring (bicyclic) bond motifs is 1. The summed E-state index contributed by atoms with van der Waals surface area (Å²) in [4.78, 5) is 24.1. The summed E-state index contributed by atoms with van der Waals surface area (Å²) in [5, 5.41) is 1.09. The number of nitrogens with two attached hydrogens (primary N) is 1. The second kappa shape index (κ2) is 6.20. The normalized spacial score (nSPS) is 16.2. The molecule has 2 N–H and O–H groups in total. The average molecular weight is 338 g/mol. The third-order valence-electron chi connectivity index (χ3n) is 4.39. The first-order valence-corrected chi connectivity index (χ1v) is 8.86. The Bertz CT molecular complexity index is 810. The van der Waals surface area contributed by atoms with E-state index in [1.54, 1.807) is 17.4 Å². The Balaban J connectivity index is 1.44. The van der Waals surface area contributed by atoms with Crippen molar-refractivity contribution in [2.45, 2.75) is 19.3 Å². The number of carbonyl (C=O) groups excluding carboxylic acids is 1. The molecule has 122 valence electrons. The number of thiazole rings is 1. The number of pyridine rings is 1. The molecule has 0 aromatic carbocycles. The fourth-order valence-corrected chi connectivity index (χ4v) is 4.09. The first kappa shape index (κ1) is 15.1. The van der Waals surface area contributed by atoms with Gasteiger partial charge in [0.15, 0.2) is 0 Å². The van der Waals surface area contributed by atoms with Crippen LogP contribution in [0.3, 0.4) is 0 Å². The van der Waals surface area contributed by atoms with Gasteiger partial charge >= 0.3 is 0 Å². The minimum absolute atomic E-state index is 0.438. The molecule has 3 heterocycles. The van der Waals surface area contributed by atoms with Crippen molar-refractivity contribution in [3.8, 4) is 0 Å². The molecule has 2 aromatic rings. The van der Waals surface area contributed by atoms with Crippen LogP contribution in [-0.2, 0) is 19.3 Å². The van der Waals surface area contributed by atoms with E-state index in [4.69, 9.17) is 10.7 Å². The predicted octanol–water partition coefficient (Wildman–Crippen LogP) is 2.08. The summed E-state index contributed by atoms with van der Waals surface area (Å²) < 4.78 is 0. The molecule has 1 amide bonds. The minimum Gasteiger partial charge on any atom is -0.371 e. The topological polar surface area (TPSA) is 72.1 Å². The molecule has 0 saturated carbocycles. The largest absolute Gasteiger partial charge is 0.371 e. The Labute approximate surface area is 144 Å². The highest BCUT2D eigenvalue weighted by atomic mass is 32.1. The van der Waals surface area contributed by atoms with Crippen molar-refractivity contribution < 1.29 is 4.79 Å². The van der Waals surface area contributed by atoms with E-state index in [1.165, 1.54) is 22.5 Å². The van der Waals surface area contributed by atoms with Crippen LogP contribution in [0, 0.1) is 0 Å². The van der Waals surface area contributed by atoms with Gasteiger partial charge in [-0.05, 0) is 24.3 Å². The van der Waals surface area contributed by atoms with Crippen LogP contribution in [0.15, 0.2) is 42.3 Å². The summed E-state index contributed by atoms with van der Waals surface area (Å²) in [6, 6.07) is 3.57. The maximum Gasteiger partial charge on any atom is 0.250 e. The van der Waals surface area contributed by atoms with Crippen molar-refractivity contribution >= 4 is 17.2 Å². The number of carbonyl (C=O) groups is 1. The minimum atomic E-state index is -0.448. The van der Waals surface area contributed by atoms with E-state index in [1.807, 2.05) is 6.07 Å². The van der Waals surface area contributed by atoms with Gasteiger partial charge in [-0.3, -0.25) is 9.78 Å². The Kier molecular flexibility index (Phi) is 3.90. The second-order valence-electron chi connectivity index (χ2n) is 5.99. The molecule has 0 atom stereocenters. The van der Waals surface area contributed by atoms with Gasteiger partial charge in [-0.15, -0.1) is 11.3 Å². The van der Waals surface area contributed by atoms with E-state index >= 15 is 0 Å². The van der Waals surface area contributed by atoms with Crippen LogP contribution in [-0.4, -0.2) is 33.9 Å². The lowest BCUT2D eigenvalue weighted by Crippen LogP contribution is -2.26. The maximum atomic E-state index is 11.1. The zero-order valence-electron chi connectivity index (χ0n) is 13.2. The lowest BCUT2D eigenvalue weighted by molar-refractivity contribution is 0.1000. The highest BCUT2D eigenvalue weighted by Gasteiger charge is 2.20. The molecule has 0 spiro atoms. The first-order valence-electron chi connectivity index (χ1n) is 8.04. The molecule has 0 radical (unpaired) electrons. The summed E-state index contributed by atoms with van der Waals surface area (Å²) >= 11 is 1.79. The number of primary amides is 1. The van der Waals surface area contributed by atoms with Crippen LogP contribution in [0.25, 0.3) is 0 Å². The number of rotatable bonds is 4. The van der Waals surface area contributed by atoms with Gasteiger partial charge in [-0.25, -0.2) is 4.98 Å². The fraction of sp³-hybridized carbons (Fsp3) is 0.278. The van der Waals surface area contributed by atoms with E-state index in [0.29, 0.717) is 12.0 Å². The van der Waals surface area contributed by atoms with E-state index in [2.05, 4.69) is 28.1 Å². The molecule has 0 fully saturated rings. The van der Waals surface area contributed by atoms with E-state index < -0.39 is 5.91 Å². The van der Waals surface area contributed by atoms with Gasteiger partial charge in [-0.2, -0.15) is 0 Å². The molecule has 2 aromatic heterocycles. The summed E-state index contributed by atoms with van der Waals surface area (Å²) in [6.07, 6.45) is 10.7. The Morgan fingerprint density at radius 3 is 2.79 bits per heavy atom. The lowest BCUT2D eigenvalue weighted by atomic mass is 10.2. The van der Waals surface area contributed by atoms with Crippen molar-refractivity contribution in [2.75, 3.05) is 13.1 Å². The third kappa shape index (κ3) is 2.97. The molecular weight excluding hydrogens is 320 g/mol. The first-order chi connectivity index (χ1) is 11.7. The highest BCUT2D eigenvalue weighted by Crippen LogP contribution is 2.26. The molecular formula is C18H18N4OS. The van der Waals surface area contributed by atoms with Crippen LogP contribution in [0.5, 0.6) is 0 Å². The monoisotopic (exact) mass is 338 g/mol. The highest BCUT2D eigenvalue weighted by molar-refractivity contribution is 7.11. The third-order valence-corrected chi connectivity index (χ3v) is 5.55. The summed E-state index contributed by atoms with van der Waals surface area (Å²) in [7, 11) is 0. The van der Waals surface area contributed by atoms with Crippen LogP contribution in [0.1, 0.15) is 31.6 Å². The van der Waals surface area contributed by atoms with Gasteiger partial charge in [0.05, 0.1) is 16.3 Å². The quantitative estimate of drug-likeness (QED) is 0.926. The summed E-state index contributed by atoms with van der Waals surface area (Å²) in [5.41, 5.74) is 9.16. The van der Waals surface area contributed by atoms with Crippen LogP contribution >= 0.6 is 11.3 Å². The zero-order valence-corrected chi connectivity index (χ0v) is 14.1. The molecule has 1 aliphatic heterocycles. The standard InChI is InChI=1S/C18H18N4OS/c19-18(23)12-4-5-13(20-11-12)10-17-21-15-6-8-22(14-2-1-3-14)9-7-16(15)24-17/h1-5,11H,6-10H2,(H2,19,23). The molecule has 0 saturated heterocycles. The smallest absolute Gasteiger partial charge is 0.250 e. The SMILES string of the molecule is NC(=O)c1ccc(Cc2nc3c(s2)CCN(C2=CC=C2)CC3)nc1. The number of allylic oxidation sites excluding steroid dienone is 3. The molecule has 0 unspecified atom stereocenters.